The minimum absolute atomic E-state index is 0.0146. The van der Waals surface area contributed by atoms with E-state index in [1.807, 2.05) is 61.5 Å². The van der Waals surface area contributed by atoms with E-state index in [1.54, 1.807) is 29.0 Å². The first-order valence-corrected chi connectivity index (χ1v) is 12.8. The largest absolute Gasteiger partial charge is 0.352 e. The van der Waals surface area contributed by atoms with Crippen molar-refractivity contribution in [3.8, 4) is 0 Å². The van der Waals surface area contributed by atoms with E-state index >= 15 is 0 Å². The maximum absolute atomic E-state index is 13.2. The highest BCUT2D eigenvalue weighted by Crippen LogP contribution is 2.28. The highest BCUT2D eigenvalue weighted by atomic mass is 32.2. The fourth-order valence-corrected chi connectivity index (χ4v) is 5.62. The third kappa shape index (κ3) is 5.71. The number of carbonyl (C=O) groups is 1. The number of fused-ring (bicyclic) bond motifs is 1. The molecule has 0 radical (unpaired) electrons. The molecule has 0 spiro atoms. The number of para-hydroxylation sites is 1. The molecule has 33 heavy (non-hydrogen) atoms. The summed E-state index contributed by atoms with van der Waals surface area (Å²) in [4.78, 5) is 13.0. The molecule has 0 aliphatic heterocycles. The van der Waals surface area contributed by atoms with E-state index in [9.17, 15) is 13.2 Å². The standard InChI is InChI=1S/C27H28N2O3S/c1-21(16-17-22-10-4-2-5-11-22)28-27(30)19-29-18-26(24-14-8-9-15-25(24)29)33(31,32)20-23-12-6-3-7-13-23/h2-15,18,21H,16-17,19-20H2,1H3,(H,28,30). The van der Waals surface area contributed by atoms with Crippen LogP contribution in [0.2, 0.25) is 0 Å². The van der Waals surface area contributed by atoms with Crippen LogP contribution in [0.3, 0.4) is 0 Å². The summed E-state index contributed by atoms with van der Waals surface area (Å²) in [7, 11) is -3.57. The lowest BCUT2D eigenvalue weighted by atomic mass is 10.1. The van der Waals surface area contributed by atoms with E-state index in [0.29, 0.717) is 5.39 Å². The summed E-state index contributed by atoms with van der Waals surface area (Å²) in [5, 5.41) is 3.68. The van der Waals surface area contributed by atoms with Crippen LogP contribution >= 0.6 is 0 Å². The smallest absolute Gasteiger partial charge is 0.240 e. The van der Waals surface area contributed by atoms with Crippen LogP contribution < -0.4 is 5.32 Å². The first-order chi connectivity index (χ1) is 15.9. The number of hydrogen-bond acceptors (Lipinski definition) is 3. The number of rotatable bonds is 9. The molecule has 1 unspecified atom stereocenters. The zero-order valence-corrected chi connectivity index (χ0v) is 19.5. The van der Waals surface area contributed by atoms with Gasteiger partial charge in [0.15, 0.2) is 9.84 Å². The Morgan fingerprint density at radius 2 is 1.48 bits per heavy atom. The van der Waals surface area contributed by atoms with Gasteiger partial charge in [0.1, 0.15) is 6.54 Å². The lowest BCUT2D eigenvalue weighted by Crippen LogP contribution is -2.35. The lowest BCUT2D eigenvalue weighted by molar-refractivity contribution is -0.122. The minimum Gasteiger partial charge on any atom is -0.352 e. The maximum atomic E-state index is 13.2. The van der Waals surface area contributed by atoms with Gasteiger partial charge in [-0.1, -0.05) is 78.9 Å². The van der Waals surface area contributed by atoms with E-state index in [4.69, 9.17) is 0 Å². The Morgan fingerprint density at radius 1 is 0.879 bits per heavy atom. The predicted molar refractivity (Wildman–Crippen MR) is 132 cm³/mol. The number of amides is 1. The van der Waals surface area contributed by atoms with Gasteiger partial charge in [-0.15, -0.1) is 0 Å². The van der Waals surface area contributed by atoms with Gasteiger partial charge in [-0.05, 0) is 37.0 Å². The van der Waals surface area contributed by atoms with Crippen LogP contribution in [0, 0.1) is 0 Å². The van der Waals surface area contributed by atoms with Gasteiger partial charge in [0.05, 0.1) is 10.6 Å². The lowest BCUT2D eigenvalue weighted by Gasteiger charge is -2.14. The van der Waals surface area contributed by atoms with Crippen molar-refractivity contribution in [1.82, 2.24) is 9.88 Å². The number of nitrogens with one attached hydrogen (secondary N) is 1. The van der Waals surface area contributed by atoms with Gasteiger partial charge in [-0.3, -0.25) is 4.79 Å². The van der Waals surface area contributed by atoms with Gasteiger partial charge in [0.2, 0.25) is 5.91 Å². The maximum Gasteiger partial charge on any atom is 0.240 e. The van der Waals surface area contributed by atoms with Gasteiger partial charge in [-0.25, -0.2) is 8.42 Å². The van der Waals surface area contributed by atoms with Gasteiger partial charge in [0, 0.05) is 23.1 Å². The second kappa shape index (κ2) is 10.0. The van der Waals surface area contributed by atoms with Crippen molar-refractivity contribution >= 4 is 26.6 Å². The molecule has 5 nitrogen and oxygen atoms in total. The Balaban J connectivity index is 1.48. The fraction of sp³-hybridized carbons (Fsp3) is 0.222. The molecule has 0 fully saturated rings. The first-order valence-electron chi connectivity index (χ1n) is 11.1. The molecule has 170 valence electrons. The number of nitrogens with zero attached hydrogens (tertiary/aromatic N) is 1. The third-order valence-electron chi connectivity index (χ3n) is 5.72. The van der Waals surface area contributed by atoms with E-state index in [-0.39, 0.29) is 29.1 Å². The third-order valence-corrected chi connectivity index (χ3v) is 7.43. The number of sulfone groups is 1. The van der Waals surface area contributed by atoms with Crippen LogP contribution in [0.1, 0.15) is 24.5 Å². The molecule has 0 saturated heterocycles. The molecule has 1 heterocycles. The van der Waals surface area contributed by atoms with Crippen LogP contribution in [0.5, 0.6) is 0 Å². The first kappa shape index (κ1) is 22.8. The predicted octanol–water partition coefficient (Wildman–Crippen LogP) is 4.75. The molecule has 3 aromatic carbocycles. The number of aromatic nitrogens is 1. The Kier molecular flexibility index (Phi) is 6.94. The van der Waals surface area contributed by atoms with Crippen molar-refractivity contribution in [2.75, 3.05) is 0 Å². The number of aryl methyl sites for hydroxylation is 1. The van der Waals surface area contributed by atoms with Crippen LogP contribution in [-0.2, 0) is 33.4 Å². The van der Waals surface area contributed by atoms with Crippen molar-refractivity contribution in [2.24, 2.45) is 0 Å². The fourth-order valence-electron chi connectivity index (χ4n) is 4.04. The summed E-state index contributed by atoms with van der Waals surface area (Å²) in [6.07, 6.45) is 3.31. The van der Waals surface area contributed by atoms with Crippen molar-refractivity contribution in [3.05, 3.63) is 102 Å². The molecule has 1 atom stereocenters. The Bertz CT molecular complexity index is 1330. The molecule has 4 rings (SSSR count). The van der Waals surface area contributed by atoms with Crippen LogP contribution in [0.25, 0.3) is 10.9 Å². The zero-order valence-electron chi connectivity index (χ0n) is 18.6. The van der Waals surface area contributed by atoms with Gasteiger partial charge in [0.25, 0.3) is 0 Å². The van der Waals surface area contributed by atoms with E-state index < -0.39 is 9.84 Å². The second-order valence-corrected chi connectivity index (χ2v) is 10.3. The van der Waals surface area contributed by atoms with Gasteiger partial charge >= 0.3 is 0 Å². The van der Waals surface area contributed by atoms with E-state index in [0.717, 1.165) is 23.9 Å². The van der Waals surface area contributed by atoms with Gasteiger partial charge in [-0.2, -0.15) is 0 Å². The highest BCUT2D eigenvalue weighted by molar-refractivity contribution is 7.90. The quantitative estimate of drug-likeness (QED) is 0.392. The minimum atomic E-state index is -3.57. The molecule has 1 amide bonds. The summed E-state index contributed by atoms with van der Waals surface area (Å²) >= 11 is 0. The van der Waals surface area contributed by atoms with E-state index in [1.165, 1.54) is 5.56 Å². The number of benzene rings is 3. The Morgan fingerprint density at radius 3 is 2.18 bits per heavy atom. The molecule has 6 heteroatoms. The molecular formula is C27H28N2O3S. The summed E-state index contributed by atoms with van der Waals surface area (Å²) in [6, 6.07) is 26.7. The average molecular weight is 461 g/mol. The molecule has 1 aromatic heterocycles. The zero-order chi connectivity index (χ0) is 23.3. The van der Waals surface area contributed by atoms with Crippen molar-refractivity contribution in [2.45, 2.75) is 43.0 Å². The van der Waals surface area contributed by atoms with E-state index in [2.05, 4.69) is 17.4 Å². The molecule has 0 saturated carbocycles. The van der Waals surface area contributed by atoms with Crippen LogP contribution in [0.4, 0.5) is 0 Å². The molecule has 0 aliphatic rings. The summed E-state index contributed by atoms with van der Waals surface area (Å²) in [6.45, 7) is 2.06. The highest BCUT2D eigenvalue weighted by Gasteiger charge is 2.22. The summed E-state index contributed by atoms with van der Waals surface area (Å²) in [5.41, 5.74) is 2.71. The molecule has 0 bridgehead atoms. The van der Waals surface area contributed by atoms with Crippen LogP contribution in [-0.4, -0.2) is 24.9 Å². The number of hydrogen-bond donors (Lipinski definition) is 1. The van der Waals surface area contributed by atoms with Crippen molar-refractivity contribution in [3.63, 3.8) is 0 Å². The molecular weight excluding hydrogens is 432 g/mol. The molecule has 1 N–H and O–H groups in total. The summed E-state index contributed by atoms with van der Waals surface area (Å²) in [5.74, 6) is -0.215. The topological polar surface area (TPSA) is 68.2 Å². The second-order valence-electron chi connectivity index (χ2n) is 8.38. The monoisotopic (exact) mass is 460 g/mol. The Hall–Kier alpha value is -3.38. The normalized spacial score (nSPS) is 12.5. The SMILES string of the molecule is CC(CCc1ccccc1)NC(=O)Cn1cc(S(=O)(=O)Cc2ccccc2)c2ccccc21. The van der Waals surface area contributed by atoms with Crippen molar-refractivity contribution < 1.29 is 13.2 Å². The van der Waals surface area contributed by atoms with Gasteiger partial charge < -0.3 is 9.88 Å². The van der Waals surface area contributed by atoms with Crippen molar-refractivity contribution in [1.29, 1.82) is 0 Å². The van der Waals surface area contributed by atoms with Crippen LogP contribution in [0.15, 0.2) is 96.0 Å². The molecule has 0 aliphatic carbocycles. The summed E-state index contributed by atoms with van der Waals surface area (Å²) < 4.78 is 28.1. The number of carbonyl (C=O) groups excluding carboxylic acids is 1. The average Bonchev–Trinajstić information content (AvgIpc) is 3.18. The Labute approximate surface area is 195 Å². The molecule has 4 aromatic rings.